The number of amides is 1. The van der Waals surface area contributed by atoms with Gasteiger partial charge in [0.1, 0.15) is 11.2 Å². The topological polar surface area (TPSA) is 78.4 Å². The van der Waals surface area contributed by atoms with Gasteiger partial charge in [0.15, 0.2) is 0 Å². The molecule has 0 unspecified atom stereocenters. The summed E-state index contributed by atoms with van der Waals surface area (Å²) in [5.41, 5.74) is 0.591. The zero-order valence-corrected chi connectivity index (χ0v) is 15.9. The summed E-state index contributed by atoms with van der Waals surface area (Å²) in [5.74, 6) is -0.228. The Morgan fingerprint density at radius 3 is 2.48 bits per heavy atom. The molecule has 4 rings (SSSR count). The summed E-state index contributed by atoms with van der Waals surface area (Å²) in [6.45, 7) is 2.19. The number of rotatable bonds is 3. The third kappa shape index (κ3) is 3.50. The summed E-state index contributed by atoms with van der Waals surface area (Å²) in [5, 5.41) is 2.43. The van der Waals surface area contributed by atoms with E-state index in [1.807, 2.05) is 24.3 Å². The minimum atomic E-state index is -0.556. The van der Waals surface area contributed by atoms with Gasteiger partial charge in [0, 0.05) is 36.9 Å². The maximum absolute atomic E-state index is 12.6. The molecule has 0 radical (unpaired) electrons. The number of H-pyrrole nitrogens is 1. The fraction of sp³-hybridized carbons (Fsp3) is 0.278. The average molecular weight is 405 g/mol. The smallest absolute Gasteiger partial charge is 0.329 e. The van der Waals surface area contributed by atoms with Gasteiger partial charge in [0.05, 0.1) is 5.52 Å². The molecule has 9 heteroatoms. The van der Waals surface area contributed by atoms with Crippen LogP contribution in [0.4, 0.5) is 5.69 Å². The quantitative estimate of drug-likeness (QED) is 0.721. The SMILES string of the molecule is O=C(Cn1c(=O)[nH]c2ccsc2c1=O)N1CCN(c2ccc(Cl)cc2)CC1. The fourth-order valence-corrected chi connectivity index (χ4v) is 4.14. The lowest BCUT2D eigenvalue weighted by Crippen LogP contribution is -2.51. The van der Waals surface area contributed by atoms with E-state index < -0.39 is 11.2 Å². The van der Waals surface area contributed by atoms with E-state index in [0.717, 1.165) is 10.3 Å². The van der Waals surface area contributed by atoms with E-state index in [9.17, 15) is 14.4 Å². The molecule has 1 aliphatic heterocycles. The molecule has 1 aromatic carbocycles. The normalized spacial score (nSPS) is 14.7. The minimum Gasteiger partial charge on any atom is -0.368 e. The van der Waals surface area contributed by atoms with E-state index in [2.05, 4.69) is 9.88 Å². The maximum Gasteiger partial charge on any atom is 0.329 e. The lowest BCUT2D eigenvalue weighted by Gasteiger charge is -2.36. The van der Waals surface area contributed by atoms with Gasteiger partial charge in [-0.2, -0.15) is 0 Å². The summed E-state index contributed by atoms with van der Waals surface area (Å²) in [7, 11) is 0. The van der Waals surface area contributed by atoms with Crippen LogP contribution in [-0.2, 0) is 11.3 Å². The molecule has 0 atom stereocenters. The van der Waals surface area contributed by atoms with E-state index in [0.29, 0.717) is 41.4 Å². The Labute approximate surface area is 163 Å². The largest absolute Gasteiger partial charge is 0.368 e. The van der Waals surface area contributed by atoms with Crippen LogP contribution < -0.4 is 16.1 Å². The van der Waals surface area contributed by atoms with Crippen LogP contribution in [0.15, 0.2) is 45.3 Å². The number of aromatic nitrogens is 2. The zero-order valence-electron chi connectivity index (χ0n) is 14.4. The van der Waals surface area contributed by atoms with Crippen molar-refractivity contribution < 1.29 is 4.79 Å². The lowest BCUT2D eigenvalue weighted by molar-refractivity contribution is -0.132. The van der Waals surface area contributed by atoms with E-state index >= 15 is 0 Å². The molecule has 1 N–H and O–H groups in total. The summed E-state index contributed by atoms with van der Waals surface area (Å²) >= 11 is 7.17. The van der Waals surface area contributed by atoms with Crippen LogP contribution in [0.2, 0.25) is 5.02 Å². The number of hydrogen-bond donors (Lipinski definition) is 1. The monoisotopic (exact) mass is 404 g/mol. The second-order valence-corrected chi connectivity index (χ2v) is 7.68. The molecule has 3 heterocycles. The summed E-state index contributed by atoms with van der Waals surface area (Å²) in [6, 6.07) is 9.27. The van der Waals surface area contributed by atoms with Crippen molar-refractivity contribution in [3.63, 3.8) is 0 Å². The van der Waals surface area contributed by atoms with Crippen molar-refractivity contribution >= 4 is 44.7 Å². The van der Waals surface area contributed by atoms with E-state index in [1.165, 1.54) is 11.3 Å². The Kier molecular flexibility index (Phi) is 4.75. The Morgan fingerprint density at radius 1 is 1.07 bits per heavy atom. The molecule has 3 aromatic rings. The Morgan fingerprint density at radius 2 is 1.78 bits per heavy atom. The van der Waals surface area contributed by atoms with Gasteiger partial charge in [-0.05, 0) is 35.7 Å². The highest BCUT2D eigenvalue weighted by Crippen LogP contribution is 2.19. The first-order valence-corrected chi connectivity index (χ1v) is 9.77. The molecule has 27 heavy (non-hydrogen) atoms. The number of nitrogens with one attached hydrogen (secondary N) is 1. The highest BCUT2D eigenvalue weighted by atomic mass is 35.5. The van der Waals surface area contributed by atoms with Crippen molar-refractivity contribution in [2.24, 2.45) is 0 Å². The zero-order chi connectivity index (χ0) is 19.0. The Balaban J connectivity index is 1.45. The summed E-state index contributed by atoms with van der Waals surface area (Å²) < 4.78 is 1.43. The second-order valence-electron chi connectivity index (χ2n) is 6.33. The number of piperazine rings is 1. The number of nitrogens with zero attached hydrogens (tertiary/aromatic N) is 3. The number of benzene rings is 1. The van der Waals surface area contributed by atoms with Crippen molar-refractivity contribution in [3.05, 3.63) is 61.6 Å². The number of carbonyl (C=O) groups excluding carboxylic acids is 1. The molecule has 1 fully saturated rings. The van der Waals surface area contributed by atoms with E-state index in [4.69, 9.17) is 11.6 Å². The van der Waals surface area contributed by atoms with Crippen molar-refractivity contribution in [1.29, 1.82) is 0 Å². The van der Waals surface area contributed by atoms with Gasteiger partial charge in [-0.25, -0.2) is 9.36 Å². The van der Waals surface area contributed by atoms with Gasteiger partial charge in [-0.3, -0.25) is 9.59 Å². The molecule has 1 aliphatic rings. The summed E-state index contributed by atoms with van der Waals surface area (Å²) in [4.78, 5) is 43.7. The number of aromatic amines is 1. The van der Waals surface area contributed by atoms with Crippen molar-refractivity contribution in [1.82, 2.24) is 14.5 Å². The Hall–Kier alpha value is -2.58. The average Bonchev–Trinajstić information content (AvgIpc) is 3.14. The molecule has 0 aliphatic carbocycles. The first-order chi connectivity index (χ1) is 13.0. The lowest BCUT2D eigenvalue weighted by atomic mass is 10.2. The first kappa shape index (κ1) is 17.8. The van der Waals surface area contributed by atoms with Gasteiger partial charge in [-0.1, -0.05) is 11.6 Å². The number of thiophene rings is 1. The highest BCUT2D eigenvalue weighted by Gasteiger charge is 2.22. The van der Waals surface area contributed by atoms with Gasteiger partial charge < -0.3 is 14.8 Å². The standard InChI is InChI=1S/C18H17ClN4O3S/c19-12-1-3-13(4-2-12)21-6-8-22(9-7-21)15(24)11-23-17(25)16-14(5-10-27-16)20-18(23)26/h1-5,10H,6-9,11H2,(H,20,26). The van der Waals surface area contributed by atoms with Crippen molar-refractivity contribution in [2.45, 2.75) is 6.54 Å². The number of fused-ring (bicyclic) bond motifs is 1. The molecule has 0 bridgehead atoms. The molecule has 2 aromatic heterocycles. The van der Waals surface area contributed by atoms with Crippen LogP contribution in [0.1, 0.15) is 0 Å². The van der Waals surface area contributed by atoms with Crippen LogP contribution in [0.3, 0.4) is 0 Å². The number of halogens is 1. The predicted molar refractivity (Wildman–Crippen MR) is 107 cm³/mol. The van der Waals surface area contributed by atoms with E-state index in [1.54, 1.807) is 16.3 Å². The third-order valence-electron chi connectivity index (χ3n) is 4.71. The van der Waals surface area contributed by atoms with Gasteiger partial charge in [-0.15, -0.1) is 11.3 Å². The molecule has 1 amide bonds. The van der Waals surface area contributed by atoms with Crippen molar-refractivity contribution in [3.8, 4) is 0 Å². The minimum absolute atomic E-state index is 0.228. The van der Waals surface area contributed by atoms with Crippen LogP contribution in [0, 0.1) is 0 Å². The van der Waals surface area contributed by atoms with Gasteiger partial charge in [0.25, 0.3) is 5.56 Å². The predicted octanol–water partition coefficient (Wildman–Crippen LogP) is 1.75. The Bertz CT molecular complexity index is 1090. The number of hydrogen-bond acceptors (Lipinski definition) is 5. The van der Waals surface area contributed by atoms with Gasteiger partial charge in [0.2, 0.25) is 5.91 Å². The molecule has 7 nitrogen and oxygen atoms in total. The van der Waals surface area contributed by atoms with Crippen LogP contribution >= 0.6 is 22.9 Å². The highest BCUT2D eigenvalue weighted by molar-refractivity contribution is 7.17. The molecular weight excluding hydrogens is 388 g/mol. The van der Waals surface area contributed by atoms with Gasteiger partial charge >= 0.3 is 5.69 Å². The molecular formula is C18H17ClN4O3S. The number of carbonyl (C=O) groups is 1. The third-order valence-corrected chi connectivity index (χ3v) is 5.86. The molecule has 1 saturated heterocycles. The summed E-state index contributed by atoms with van der Waals surface area (Å²) in [6.07, 6.45) is 0. The van der Waals surface area contributed by atoms with Crippen LogP contribution in [0.5, 0.6) is 0 Å². The second kappa shape index (κ2) is 7.21. The molecule has 140 valence electrons. The maximum atomic E-state index is 12.6. The molecule has 0 spiro atoms. The van der Waals surface area contributed by atoms with E-state index in [-0.39, 0.29) is 12.5 Å². The number of anilines is 1. The van der Waals surface area contributed by atoms with Crippen LogP contribution in [-0.4, -0.2) is 46.5 Å². The van der Waals surface area contributed by atoms with Crippen molar-refractivity contribution in [2.75, 3.05) is 31.1 Å². The molecule has 0 saturated carbocycles. The van der Waals surface area contributed by atoms with Crippen LogP contribution in [0.25, 0.3) is 10.2 Å². The first-order valence-electron chi connectivity index (χ1n) is 8.51. The fourth-order valence-electron chi connectivity index (χ4n) is 3.22.